The molecule has 0 spiro atoms. The van der Waals surface area contributed by atoms with Crippen molar-refractivity contribution in [3.8, 4) is 17.2 Å². The fourth-order valence-electron chi connectivity index (χ4n) is 3.17. The maximum atomic E-state index is 12.7. The van der Waals surface area contributed by atoms with Crippen molar-refractivity contribution >= 4 is 16.6 Å². The molecule has 0 amide bonds. The minimum absolute atomic E-state index is 0.0457. The van der Waals surface area contributed by atoms with Gasteiger partial charge in [0, 0.05) is 12.0 Å². The topological polar surface area (TPSA) is 44.8 Å². The molecule has 0 aliphatic rings. The third-order valence-electron chi connectivity index (χ3n) is 4.53. The van der Waals surface area contributed by atoms with E-state index in [9.17, 15) is 4.79 Å². The highest BCUT2D eigenvalue weighted by Gasteiger charge is 2.15. The second-order valence-corrected chi connectivity index (χ2v) is 5.96. The van der Waals surface area contributed by atoms with Crippen molar-refractivity contribution in [2.75, 3.05) is 21.3 Å². The second-order valence-electron chi connectivity index (χ2n) is 5.96. The van der Waals surface area contributed by atoms with Crippen LogP contribution in [-0.2, 0) is 6.42 Å². The molecule has 0 N–H and O–H groups in total. The van der Waals surface area contributed by atoms with Gasteiger partial charge in [-0.2, -0.15) is 0 Å². The van der Waals surface area contributed by atoms with Crippen molar-refractivity contribution in [3.63, 3.8) is 0 Å². The van der Waals surface area contributed by atoms with E-state index in [1.165, 1.54) is 0 Å². The number of carbonyl (C=O) groups excluding carboxylic acids is 1. The Morgan fingerprint density at radius 1 is 0.846 bits per heavy atom. The van der Waals surface area contributed by atoms with Crippen molar-refractivity contribution in [2.24, 2.45) is 0 Å². The average molecular weight is 350 g/mol. The summed E-state index contributed by atoms with van der Waals surface area (Å²) in [6.07, 6.45) is 0.942. The zero-order valence-electron chi connectivity index (χ0n) is 15.2. The maximum absolute atomic E-state index is 12.7. The van der Waals surface area contributed by atoms with Crippen LogP contribution in [-0.4, -0.2) is 27.1 Å². The van der Waals surface area contributed by atoms with Crippen molar-refractivity contribution < 1.29 is 19.0 Å². The Morgan fingerprint density at radius 3 is 2.31 bits per heavy atom. The Hall–Kier alpha value is -3.01. The Labute approximate surface area is 153 Å². The molecule has 0 radical (unpaired) electrons. The summed E-state index contributed by atoms with van der Waals surface area (Å²) in [6.45, 7) is 0. The average Bonchev–Trinajstić information content (AvgIpc) is 2.70. The van der Waals surface area contributed by atoms with Crippen LogP contribution in [0.15, 0.2) is 54.6 Å². The number of ketones is 1. The Balaban J connectivity index is 1.93. The van der Waals surface area contributed by atoms with Gasteiger partial charge in [0.15, 0.2) is 5.78 Å². The van der Waals surface area contributed by atoms with E-state index in [0.29, 0.717) is 24.2 Å². The molecular formula is C22H22O4. The number of methoxy groups -OCH3 is 3. The molecule has 26 heavy (non-hydrogen) atoms. The molecule has 0 fully saturated rings. The number of hydrogen-bond donors (Lipinski definition) is 0. The number of benzene rings is 3. The van der Waals surface area contributed by atoms with Crippen LogP contribution in [0.3, 0.4) is 0 Å². The van der Waals surface area contributed by atoms with E-state index in [0.717, 1.165) is 27.8 Å². The van der Waals surface area contributed by atoms with Crippen LogP contribution < -0.4 is 14.2 Å². The van der Waals surface area contributed by atoms with Gasteiger partial charge < -0.3 is 14.2 Å². The molecule has 0 heterocycles. The lowest BCUT2D eigenvalue weighted by atomic mass is 9.96. The van der Waals surface area contributed by atoms with E-state index < -0.39 is 0 Å². The molecule has 0 aliphatic carbocycles. The molecule has 134 valence electrons. The second kappa shape index (κ2) is 7.91. The van der Waals surface area contributed by atoms with Gasteiger partial charge in [-0.05, 0) is 47.5 Å². The molecule has 0 atom stereocenters. The monoisotopic (exact) mass is 350 g/mol. The molecule has 0 saturated carbocycles. The number of carbonyl (C=O) groups is 1. The first-order valence-corrected chi connectivity index (χ1v) is 8.47. The molecule has 4 nitrogen and oxygen atoms in total. The molecule has 0 aliphatic heterocycles. The molecule has 3 aromatic carbocycles. The minimum atomic E-state index is 0.0457. The number of hydrogen-bond acceptors (Lipinski definition) is 4. The standard InChI is InChI=1S/C22H22O4/c1-24-16-10-8-15-9-13-22(26-3)17(19(15)14-16)11-12-20(23)18-6-4-5-7-21(18)25-2/h4-10,13-14H,11-12H2,1-3H3. The maximum Gasteiger partial charge on any atom is 0.166 e. The van der Waals surface area contributed by atoms with Crippen molar-refractivity contribution in [1.82, 2.24) is 0 Å². The van der Waals surface area contributed by atoms with Crippen LogP contribution in [0.5, 0.6) is 17.2 Å². The van der Waals surface area contributed by atoms with Crippen LogP contribution in [0.25, 0.3) is 10.8 Å². The summed E-state index contributed by atoms with van der Waals surface area (Å²) < 4.78 is 16.2. The Morgan fingerprint density at radius 2 is 1.58 bits per heavy atom. The van der Waals surface area contributed by atoms with E-state index in [2.05, 4.69) is 0 Å². The van der Waals surface area contributed by atoms with E-state index in [-0.39, 0.29) is 5.78 Å². The quantitative estimate of drug-likeness (QED) is 0.580. The van der Waals surface area contributed by atoms with Crippen molar-refractivity contribution in [2.45, 2.75) is 12.8 Å². The van der Waals surface area contributed by atoms with Crippen LogP contribution in [0, 0.1) is 0 Å². The Kier molecular flexibility index (Phi) is 5.42. The van der Waals surface area contributed by atoms with Gasteiger partial charge in [0.1, 0.15) is 17.2 Å². The number of aryl methyl sites for hydroxylation is 1. The minimum Gasteiger partial charge on any atom is -0.497 e. The van der Waals surface area contributed by atoms with E-state index in [1.54, 1.807) is 33.5 Å². The van der Waals surface area contributed by atoms with Crippen LogP contribution >= 0.6 is 0 Å². The summed E-state index contributed by atoms with van der Waals surface area (Å²) in [7, 11) is 4.87. The normalized spacial score (nSPS) is 10.6. The van der Waals surface area contributed by atoms with Crippen molar-refractivity contribution in [3.05, 3.63) is 65.7 Å². The molecule has 3 rings (SSSR count). The summed E-state index contributed by atoms with van der Waals surface area (Å²) in [5, 5.41) is 2.13. The predicted octanol–water partition coefficient (Wildman–Crippen LogP) is 4.68. The molecule has 0 bridgehead atoms. The molecule has 0 aromatic heterocycles. The molecule has 0 saturated heterocycles. The third kappa shape index (κ3) is 3.49. The van der Waals surface area contributed by atoms with Crippen LogP contribution in [0.2, 0.25) is 0 Å². The van der Waals surface area contributed by atoms with Crippen LogP contribution in [0.4, 0.5) is 0 Å². The smallest absolute Gasteiger partial charge is 0.166 e. The number of fused-ring (bicyclic) bond motifs is 1. The van der Waals surface area contributed by atoms with Gasteiger partial charge in [-0.3, -0.25) is 4.79 Å². The van der Waals surface area contributed by atoms with Crippen molar-refractivity contribution in [1.29, 1.82) is 0 Å². The SMILES string of the molecule is COc1ccc2ccc(OC)c(CCC(=O)c3ccccc3OC)c2c1. The zero-order valence-corrected chi connectivity index (χ0v) is 15.2. The summed E-state index contributed by atoms with van der Waals surface area (Å²) in [6, 6.07) is 17.2. The highest BCUT2D eigenvalue weighted by atomic mass is 16.5. The number of para-hydroxylation sites is 1. The highest BCUT2D eigenvalue weighted by Crippen LogP contribution is 2.32. The fraction of sp³-hybridized carbons (Fsp3) is 0.227. The lowest BCUT2D eigenvalue weighted by Crippen LogP contribution is -2.05. The first-order valence-electron chi connectivity index (χ1n) is 8.47. The lowest BCUT2D eigenvalue weighted by molar-refractivity contribution is 0.0980. The van der Waals surface area contributed by atoms with E-state index >= 15 is 0 Å². The highest BCUT2D eigenvalue weighted by molar-refractivity contribution is 5.99. The third-order valence-corrected chi connectivity index (χ3v) is 4.53. The number of ether oxygens (including phenoxy) is 3. The molecular weight excluding hydrogens is 328 g/mol. The van der Waals surface area contributed by atoms with Gasteiger partial charge in [0.05, 0.1) is 26.9 Å². The van der Waals surface area contributed by atoms with Gasteiger partial charge in [0.2, 0.25) is 0 Å². The van der Waals surface area contributed by atoms with Gasteiger partial charge in [-0.1, -0.05) is 24.3 Å². The zero-order chi connectivity index (χ0) is 18.5. The van der Waals surface area contributed by atoms with E-state index in [4.69, 9.17) is 14.2 Å². The van der Waals surface area contributed by atoms with Gasteiger partial charge in [-0.25, -0.2) is 0 Å². The summed E-state index contributed by atoms with van der Waals surface area (Å²) in [5.74, 6) is 2.20. The Bertz CT molecular complexity index is 925. The molecule has 3 aromatic rings. The number of rotatable bonds is 7. The first-order chi connectivity index (χ1) is 12.7. The summed E-state index contributed by atoms with van der Waals surface area (Å²) in [5.41, 5.74) is 1.61. The summed E-state index contributed by atoms with van der Waals surface area (Å²) >= 11 is 0. The van der Waals surface area contributed by atoms with E-state index in [1.807, 2.05) is 42.5 Å². The van der Waals surface area contributed by atoms with Gasteiger partial charge in [0.25, 0.3) is 0 Å². The largest absolute Gasteiger partial charge is 0.497 e. The predicted molar refractivity (Wildman–Crippen MR) is 103 cm³/mol. The summed E-state index contributed by atoms with van der Waals surface area (Å²) in [4.78, 5) is 12.7. The lowest BCUT2D eigenvalue weighted by Gasteiger charge is -2.13. The van der Waals surface area contributed by atoms with Gasteiger partial charge in [-0.15, -0.1) is 0 Å². The molecule has 0 unspecified atom stereocenters. The fourth-order valence-corrected chi connectivity index (χ4v) is 3.17. The first kappa shape index (κ1) is 17.8. The van der Waals surface area contributed by atoms with Gasteiger partial charge >= 0.3 is 0 Å². The number of Topliss-reactive ketones (excluding diaryl/α,β-unsaturated/α-hetero) is 1. The van der Waals surface area contributed by atoms with Crippen LogP contribution in [0.1, 0.15) is 22.3 Å². The molecule has 4 heteroatoms.